The third kappa shape index (κ3) is 3.67. The Balaban J connectivity index is 2.33. The van der Waals surface area contributed by atoms with Gasteiger partial charge in [-0.05, 0) is 25.5 Å². The zero-order valence-electron chi connectivity index (χ0n) is 12.6. The maximum atomic E-state index is 11.5. The first-order valence-corrected chi connectivity index (χ1v) is 6.84. The molecule has 0 aliphatic heterocycles. The van der Waals surface area contributed by atoms with Crippen LogP contribution in [0.5, 0.6) is 0 Å². The van der Waals surface area contributed by atoms with Crippen molar-refractivity contribution in [1.82, 2.24) is 15.2 Å². The van der Waals surface area contributed by atoms with E-state index in [9.17, 15) is 4.79 Å². The molecule has 0 saturated carbocycles. The number of amides is 1. The number of rotatable bonds is 6. The van der Waals surface area contributed by atoms with Crippen molar-refractivity contribution in [1.29, 1.82) is 0 Å². The number of hydrogen-bond acceptors (Lipinski definition) is 7. The van der Waals surface area contributed by atoms with E-state index in [1.54, 1.807) is 6.07 Å². The highest BCUT2D eigenvalue weighted by Gasteiger charge is 2.13. The minimum absolute atomic E-state index is 0.0540. The van der Waals surface area contributed by atoms with Crippen molar-refractivity contribution in [3.63, 3.8) is 0 Å². The smallest absolute Gasteiger partial charge is 0.271 e. The maximum absolute atomic E-state index is 11.5. The number of carbonyl (C=O) groups excluding carboxylic acids is 1. The molecular weight excluding hydrogens is 282 g/mol. The summed E-state index contributed by atoms with van der Waals surface area (Å²) in [5, 5.41) is 13.8. The van der Waals surface area contributed by atoms with E-state index < -0.39 is 5.91 Å². The molecule has 0 fully saturated rings. The number of aromatic nitrogens is 3. The minimum Gasteiger partial charge on any atom is -0.367 e. The molecule has 8 nitrogen and oxygen atoms in total. The van der Waals surface area contributed by atoms with Crippen molar-refractivity contribution in [2.45, 2.75) is 13.8 Å². The third-order valence-electron chi connectivity index (χ3n) is 3.09. The van der Waals surface area contributed by atoms with Crippen molar-refractivity contribution in [3.8, 4) is 0 Å². The molecule has 2 heterocycles. The average Bonchev–Trinajstić information content (AvgIpc) is 2.49. The van der Waals surface area contributed by atoms with Crippen LogP contribution in [0.1, 0.15) is 21.7 Å². The molecule has 0 atom stereocenters. The van der Waals surface area contributed by atoms with Crippen LogP contribution in [0.3, 0.4) is 0 Å². The number of carbonyl (C=O) groups is 1. The molecule has 0 aliphatic carbocycles. The van der Waals surface area contributed by atoms with Gasteiger partial charge in [0.15, 0.2) is 11.5 Å². The quantitative estimate of drug-likeness (QED) is 0.617. The van der Waals surface area contributed by atoms with Crippen molar-refractivity contribution in [3.05, 3.63) is 35.2 Å². The lowest BCUT2D eigenvalue weighted by Crippen LogP contribution is -2.19. The highest BCUT2D eigenvalue weighted by Crippen LogP contribution is 2.21. The van der Waals surface area contributed by atoms with Gasteiger partial charge in [0.2, 0.25) is 0 Å². The lowest BCUT2D eigenvalue weighted by molar-refractivity contribution is 0.0995. The van der Waals surface area contributed by atoms with E-state index in [1.807, 2.05) is 26.0 Å². The zero-order valence-corrected chi connectivity index (χ0v) is 12.6. The molecule has 0 aromatic carbocycles. The molecule has 0 spiro atoms. The molecule has 0 aliphatic rings. The van der Waals surface area contributed by atoms with Crippen molar-refractivity contribution < 1.29 is 4.79 Å². The largest absolute Gasteiger partial charge is 0.367 e. The second-order valence-electron chi connectivity index (χ2n) is 4.80. The monoisotopic (exact) mass is 301 g/mol. The van der Waals surface area contributed by atoms with Crippen LogP contribution in [0.25, 0.3) is 0 Å². The molecule has 0 radical (unpaired) electrons. The fraction of sp³-hybridized carbons (Fsp3) is 0.286. The van der Waals surface area contributed by atoms with Gasteiger partial charge in [-0.2, -0.15) is 0 Å². The van der Waals surface area contributed by atoms with E-state index in [0.717, 1.165) is 11.3 Å². The third-order valence-corrected chi connectivity index (χ3v) is 3.09. The molecule has 116 valence electrons. The molecule has 6 N–H and O–H groups in total. The molecule has 2 rings (SSSR count). The van der Waals surface area contributed by atoms with E-state index in [2.05, 4.69) is 25.8 Å². The number of nitrogens with one attached hydrogen (secondary N) is 2. The fourth-order valence-electron chi connectivity index (χ4n) is 1.79. The number of aryl methyl sites for hydroxylation is 2. The van der Waals surface area contributed by atoms with Gasteiger partial charge in [0.1, 0.15) is 5.82 Å². The molecule has 22 heavy (non-hydrogen) atoms. The van der Waals surface area contributed by atoms with Gasteiger partial charge in [-0.3, -0.25) is 4.79 Å². The van der Waals surface area contributed by atoms with Gasteiger partial charge in [0.25, 0.3) is 5.91 Å². The van der Waals surface area contributed by atoms with Crippen LogP contribution >= 0.6 is 0 Å². The van der Waals surface area contributed by atoms with Gasteiger partial charge in [0, 0.05) is 24.8 Å². The van der Waals surface area contributed by atoms with E-state index in [0.29, 0.717) is 30.4 Å². The number of nitrogens with two attached hydrogens (primary N) is 2. The van der Waals surface area contributed by atoms with Gasteiger partial charge in [-0.25, -0.2) is 4.98 Å². The maximum Gasteiger partial charge on any atom is 0.271 e. The number of primary amides is 1. The molecule has 0 unspecified atom stereocenters. The summed E-state index contributed by atoms with van der Waals surface area (Å²) in [4.78, 5) is 15.9. The van der Waals surface area contributed by atoms with Crippen LogP contribution in [0, 0.1) is 13.8 Å². The number of anilines is 3. The summed E-state index contributed by atoms with van der Waals surface area (Å²) < 4.78 is 0. The van der Waals surface area contributed by atoms with Crippen molar-refractivity contribution in [2.75, 3.05) is 23.7 Å². The fourth-order valence-corrected chi connectivity index (χ4v) is 1.79. The Bertz CT molecular complexity index is 687. The van der Waals surface area contributed by atoms with E-state index in [-0.39, 0.29) is 5.69 Å². The molecule has 0 saturated heterocycles. The molecule has 1 amide bonds. The van der Waals surface area contributed by atoms with Crippen molar-refractivity contribution >= 4 is 23.2 Å². The summed E-state index contributed by atoms with van der Waals surface area (Å²) in [5.41, 5.74) is 13.2. The van der Waals surface area contributed by atoms with Crippen LogP contribution in [-0.4, -0.2) is 34.2 Å². The summed E-state index contributed by atoms with van der Waals surface area (Å²) in [5.74, 6) is 0.439. The molecular formula is C14H19N7O. The highest BCUT2D eigenvalue weighted by atomic mass is 16.1. The zero-order chi connectivity index (χ0) is 16.1. The van der Waals surface area contributed by atoms with Gasteiger partial charge < -0.3 is 22.1 Å². The number of pyridine rings is 1. The van der Waals surface area contributed by atoms with E-state index in [1.165, 1.54) is 0 Å². The normalized spacial score (nSPS) is 10.3. The predicted molar refractivity (Wildman–Crippen MR) is 85.1 cm³/mol. The number of nitrogens with zero attached hydrogens (tertiary/aromatic N) is 3. The first kappa shape index (κ1) is 15.6. The standard InChI is InChI=1S/C14H19N7O/c1-8-3-4-11(18-9(8)2)19-10-7-12(17-6-5-15)20-21-13(10)14(16)22/h3-4,7H,5-6,15H2,1-2H3,(H2,16,22)(H2,17,18,19,20). The summed E-state index contributed by atoms with van der Waals surface area (Å²) in [6, 6.07) is 5.41. The first-order valence-electron chi connectivity index (χ1n) is 6.84. The van der Waals surface area contributed by atoms with Crippen LogP contribution in [0.2, 0.25) is 0 Å². The van der Waals surface area contributed by atoms with Crippen LogP contribution < -0.4 is 22.1 Å². The summed E-state index contributed by atoms with van der Waals surface area (Å²) in [6.45, 7) is 4.89. The van der Waals surface area contributed by atoms with Gasteiger partial charge in [0.05, 0.1) is 5.69 Å². The summed E-state index contributed by atoms with van der Waals surface area (Å²) in [7, 11) is 0. The minimum atomic E-state index is -0.663. The average molecular weight is 301 g/mol. The van der Waals surface area contributed by atoms with Gasteiger partial charge in [-0.15, -0.1) is 10.2 Å². The second kappa shape index (κ2) is 6.81. The van der Waals surface area contributed by atoms with Crippen LogP contribution in [0.4, 0.5) is 17.3 Å². The Morgan fingerprint density at radius 2 is 2.00 bits per heavy atom. The van der Waals surface area contributed by atoms with Gasteiger partial charge >= 0.3 is 0 Å². The Hall–Kier alpha value is -2.74. The summed E-state index contributed by atoms with van der Waals surface area (Å²) >= 11 is 0. The Kier molecular flexibility index (Phi) is 4.84. The SMILES string of the molecule is Cc1ccc(Nc2cc(NCCN)nnc2C(N)=O)nc1C. The van der Waals surface area contributed by atoms with E-state index >= 15 is 0 Å². The Labute approximate surface area is 128 Å². The van der Waals surface area contributed by atoms with E-state index in [4.69, 9.17) is 11.5 Å². The highest BCUT2D eigenvalue weighted by molar-refractivity contribution is 5.97. The second-order valence-corrected chi connectivity index (χ2v) is 4.80. The number of hydrogen-bond donors (Lipinski definition) is 4. The molecule has 0 bridgehead atoms. The lowest BCUT2D eigenvalue weighted by atomic mass is 10.2. The lowest BCUT2D eigenvalue weighted by Gasteiger charge is -2.11. The molecule has 2 aromatic rings. The summed E-state index contributed by atoms with van der Waals surface area (Å²) in [6.07, 6.45) is 0. The molecule has 8 heteroatoms. The molecule has 2 aromatic heterocycles. The topological polar surface area (TPSA) is 132 Å². The predicted octanol–water partition coefficient (Wildman–Crippen LogP) is 0.702. The Morgan fingerprint density at radius 3 is 2.64 bits per heavy atom. The Morgan fingerprint density at radius 1 is 1.23 bits per heavy atom. The first-order chi connectivity index (χ1) is 10.5. The van der Waals surface area contributed by atoms with Crippen molar-refractivity contribution in [2.24, 2.45) is 11.5 Å². The van der Waals surface area contributed by atoms with Gasteiger partial charge in [-0.1, -0.05) is 6.07 Å². The van der Waals surface area contributed by atoms with Crippen LogP contribution in [-0.2, 0) is 0 Å². The van der Waals surface area contributed by atoms with Crippen LogP contribution in [0.15, 0.2) is 18.2 Å².